The van der Waals surface area contributed by atoms with Gasteiger partial charge in [-0.05, 0) is 91.3 Å². The highest BCUT2D eigenvalue weighted by molar-refractivity contribution is 7.92. The van der Waals surface area contributed by atoms with Crippen LogP contribution in [0.1, 0.15) is 54.9 Å². The van der Waals surface area contributed by atoms with E-state index in [4.69, 9.17) is 14.6 Å². The van der Waals surface area contributed by atoms with Gasteiger partial charge in [-0.3, -0.25) is 14.4 Å². The lowest BCUT2D eigenvalue weighted by Crippen LogP contribution is -2.47. The number of halogens is 3. The van der Waals surface area contributed by atoms with Crippen molar-refractivity contribution < 1.29 is 41.0 Å². The summed E-state index contributed by atoms with van der Waals surface area (Å²) in [5.41, 5.74) is 3.64. The lowest BCUT2D eigenvalue weighted by molar-refractivity contribution is -0.192. The average Bonchev–Trinajstić information content (AvgIpc) is 3.89. The van der Waals surface area contributed by atoms with Crippen molar-refractivity contribution in [1.82, 2.24) is 4.90 Å². The van der Waals surface area contributed by atoms with Crippen LogP contribution in [0.4, 0.5) is 30.2 Å². The van der Waals surface area contributed by atoms with E-state index >= 15 is 0 Å². The van der Waals surface area contributed by atoms with Crippen molar-refractivity contribution in [1.29, 1.82) is 0 Å². The molecular weight excluding hydrogens is 649 g/mol. The van der Waals surface area contributed by atoms with E-state index in [1.165, 1.54) is 49.2 Å². The van der Waals surface area contributed by atoms with Gasteiger partial charge in [0.2, 0.25) is 0 Å². The van der Waals surface area contributed by atoms with Crippen LogP contribution in [0.25, 0.3) is 0 Å². The van der Waals surface area contributed by atoms with Crippen LogP contribution in [-0.2, 0) is 14.8 Å². The Bertz CT molecular complexity index is 1660. The van der Waals surface area contributed by atoms with E-state index in [0.29, 0.717) is 28.6 Å². The summed E-state index contributed by atoms with van der Waals surface area (Å²) in [6.45, 7) is 9.19. The standard InChI is InChI=1S/C32H40N4O4S.C2HF3O2/c1-4-23(2)25-7-11-27(12-8-25)33-32(37)26-9-14-29(15-10-26)41(38,39)34-28-13-16-31(40-3)30(21-28)36-19-17-35(18-20-36)22-24-5-6-24;3-2(4,5)1(6)7/h7-16,21,23-24,34H,4-6,17-20,22H2,1-3H3,(H,33,37);(H,6,7). The summed E-state index contributed by atoms with van der Waals surface area (Å²) in [4.78, 5) is 26.5. The number of ether oxygens (including phenoxy) is 1. The minimum absolute atomic E-state index is 0.0815. The van der Waals surface area contributed by atoms with E-state index in [9.17, 15) is 26.4 Å². The largest absolute Gasteiger partial charge is 0.495 e. The molecule has 14 heteroatoms. The van der Waals surface area contributed by atoms with Crippen molar-refractivity contribution in [2.75, 3.05) is 54.8 Å². The van der Waals surface area contributed by atoms with E-state index in [1.54, 1.807) is 19.2 Å². The van der Waals surface area contributed by atoms with Gasteiger partial charge in [0.15, 0.2) is 0 Å². The molecule has 10 nitrogen and oxygen atoms in total. The number of amides is 1. The van der Waals surface area contributed by atoms with E-state index in [2.05, 4.69) is 33.7 Å². The zero-order valence-electron chi connectivity index (χ0n) is 27.1. The van der Waals surface area contributed by atoms with Crippen molar-refractivity contribution in [2.24, 2.45) is 5.92 Å². The van der Waals surface area contributed by atoms with Crippen LogP contribution in [0.15, 0.2) is 71.6 Å². The zero-order chi connectivity index (χ0) is 35.1. The van der Waals surface area contributed by atoms with Gasteiger partial charge < -0.3 is 20.1 Å². The van der Waals surface area contributed by atoms with Gasteiger partial charge in [0, 0.05) is 44.0 Å². The average molecular weight is 691 g/mol. The Labute approximate surface area is 278 Å². The summed E-state index contributed by atoms with van der Waals surface area (Å²) in [5, 5.41) is 10.0. The Morgan fingerprint density at radius 2 is 1.54 bits per heavy atom. The molecule has 1 amide bonds. The van der Waals surface area contributed by atoms with Crippen LogP contribution in [0.2, 0.25) is 0 Å². The third kappa shape index (κ3) is 10.1. The second kappa shape index (κ2) is 15.7. The molecule has 3 aromatic rings. The summed E-state index contributed by atoms with van der Waals surface area (Å²) in [7, 11) is -2.23. The van der Waals surface area contributed by atoms with Crippen molar-refractivity contribution in [3.05, 3.63) is 77.9 Å². The zero-order valence-corrected chi connectivity index (χ0v) is 27.9. The van der Waals surface area contributed by atoms with Gasteiger partial charge in [0.25, 0.3) is 15.9 Å². The van der Waals surface area contributed by atoms with Crippen LogP contribution in [0.5, 0.6) is 5.75 Å². The molecule has 48 heavy (non-hydrogen) atoms. The number of sulfonamides is 1. The molecule has 0 radical (unpaired) electrons. The summed E-state index contributed by atoms with van der Waals surface area (Å²) in [5.74, 6) is -1.01. The van der Waals surface area contributed by atoms with Crippen molar-refractivity contribution >= 4 is 39.0 Å². The number of piperazine rings is 1. The third-order valence-electron chi connectivity index (χ3n) is 8.38. The van der Waals surface area contributed by atoms with Crippen molar-refractivity contribution in [3.63, 3.8) is 0 Å². The van der Waals surface area contributed by atoms with E-state index in [1.807, 2.05) is 30.3 Å². The Kier molecular flexibility index (Phi) is 12.0. The highest BCUT2D eigenvalue weighted by atomic mass is 32.2. The molecule has 3 N–H and O–H groups in total. The number of nitrogens with zero attached hydrogens (tertiary/aromatic N) is 2. The number of nitrogens with one attached hydrogen (secondary N) is 2. The van der Waals surface area contributed by atoms with Crippen molar-refractivity contribution in [3.8, 4) is 5.75 Å². The molecule has 1 aliphatic carbocycles. The minimum Gasteiger partial charge on any atom is -0.495 e. The fourth-order valence-electron chi connectivity index (χ4n) is 5.17. The second-order valence-corrected chi connectivity index (χ2v) is 13.6. The smallest absolute Gasteiger partial charge is 0.490 e. The lowest BCUT2D eigenvalue weighted by atomic mass is 9.98. The molecule has 3 aromatic carbocycles. The summed E-state index contributed by atoms with van der Waals surface area (Å²) in [6.07, 6.45) is -1.34. The molecule has 260 valence electrons. The number of carbonyl (C=O) groups is 2. The molecule has 0 aromatic heterocycles. The fourth-order valence-corrected chi connectivity index (χ4v) is 6.22. The number of hydrogen-bond acceptors (Lipinski definition) is 7. The Morgan fingerprint density at radius 3 is 2.06 bits per heavy atom. The molecule has 1 unspecified atom stereocenters. The monoisotopic (exact) mass is 690 g/mol. The second-order valence-electron chi connectivity index (χ2n) is 11.9. The van der Waals surface area contributed by atoms with Crippen LogP contribution >= 0.6 is 0 Å². The van der Waals surface area contributed by atoms with Crippen LogP contribution in [-0.4, -0.2) is 76.3 Å². The Morgan fingerprint density at radius 1 is 0.958 bits per heavy atom. The maximum absolute atomic E-state index is 13.2. The lowest BCUT2D eigenvalue weighted by Gasteiger charge is -2.36. The quantitative estimate of drug-likeness (QED) is 0.210. The van der Waals surface area contributed by atoms with Crippen LogP contribution in [0.3, 0.4) is 0 Å². The molecule has 2 fully saturated rings. The highest BCUT2D eigenvalue weighted by Crippen LogP contribution is 2.34. The molecule has 1 saturated heterocycles. The van der Waals surface area contributed by atoms with Crippen LogP contribution in [0, 0.1) is 5.92 Å². The number of alkyl halides is 3. The molecule has 0 spiro atoms. The molecule has 1 atom stereocenters. The first-order chi connectivity index (χ1) is 22.7. The van der Waals surface area contributed by atoms with Gasteiger partial charge in [-0.2, -0.15) is 13.2 Å². The molecule has 1 saturated carbocycles. The van der Waals surface area contributed by atoms with Gasteiger partial charge in [0.1, 0.15) is 5.75 Å². The van der Waals surface area contributed by atoms with Gasteiger partial charge in [-0.1, -0.05) is 26.0 Å². The Balaban J connectivity index is 0.000000671. The summed E-state index contributed by atoms with van der Waals surface area (Å²) in [6, 6.07) is 19.1. The maximum atomic E-state index is 13.2. The number of anilines is 3. The fraction of sp³-hybridized carbons (Fsp3) is 0.412. The van der Waals surface area contributed by atoms with Crippen molar-refractivity contribution in [2.45, 2.75) is 50.1 Å². The summed E-state index contributed by atoms with van der Waals surface area (Å²) >= 11 is 0. The number of carbonyl (C=O) groups excluding carboxylic acids is 1. The van der Waals surface area contributed by atoms with Crippen LogP contribution < -0.4 is 19.7 Å². The van der Waals surface area contributed by atoms with E-state index in [0.717, 1.165) is 44.2 Å². The minimum atomic E-state index is -5.08. The molecular formula is C34H41F3N4O6S. The number of rotatable bonds is 11. The number of methoxy groups -OCH3 is 1. The first-order valence-electron chi connectivity index (χ1n) is 15.7. The molecule has 5 rings (SSSR count). The maximum Gasteiger partial charge on any atom is 0.490 e. The topological polar surface area (TPSA) is 128 Å². The Hall–Kier alpha value is -4.30. The van der Waals surface area contributed by atoms with Gasteiger partial charge in [-0.15, -0.1) is 0 Å². The first kappa shape index (κ1) is 36.5. The predicted octanol–water partition coefficient (Wildman–Crippen LogP) is 6.43. The molecule has 1 aliphatic heterocycles. The third-order valence-corrected chi connectivity index (χ3v) is 9.77. The number of carboxylic acid groups (broad SMARTS) is 1. The SMILES string of the molecule is CCC(C)c1ccc(NC(=O)c2ccc(S(=O)(=O)Nc3ccc(OC)c(N4CCN(CC5CC5)CC4)c3)cc2)cc1.O=C(O)C(F)(F)F. The van der Waals surface area contributed by atoms with E-state index in [-0.39, 0.29) is 10.8 Å². The molecule has 2 aliphatic rings. The number of hydrogen-bond donors (Lipinski definition) is 3. The first-order valence-corrected chi connectivity index (χ1v) is 17.2. The normalized spacial score (nSPS) is 15.9. The van der Waals surface area contributed by atoms with Gasteiger partial charge >= 0.3 is 12.1 Å². The molecule has 0 bridgehead atoms. The van der Waals surface area contributed by atoms with E-state index < -0.39 is 22.2 Å². The van der Waals surface area contributed by atoms with Gasteiger partial charge in [-0.25, -0.2) is 13.2 Å². The highest BCUT2D eigenvalue weighted by Gasteiger charge is 2.38. The molecule has 1 heterocycles. The predicted molar refractivity (Wildman–Crippen MR) is 178 cm³/mol. The number of aliphatic carboxylic acids is 1. The number of carboxylic acids is 1. The van der Waals surface area contributed by atoms with Gasteiger partial charge in [0.05, 0.1) is 23.4 Å². The summed E-state index contributed by atoms with van der Waals surface area (Å²) < 4.78 is 66.5. The number of benzene rings is 3.